The van der Waals surface area contributed by atoms with Crippen molar-refractivity contribution in [3.63, 3.8) is 0 Å². The molecule has 0 aromatic carbocycles. The van der Waals surface area contributed by atoms with Crippen LogP contribution in [0.25, 0.3) is 0 Å². The van der Waals surface area contributed by atoms with Crippen molar-refractivity contribution < 1.29 is 17.1 Å². The van der Waals surface area contributed by atoms with E-state index in [1.54, 1.807) is 27.9 Å². The summed E-state index contributed by atoms with van der Waals surface area (Å²) in [5.41, 5.74) is 6.56. The molecule has 0 fully saturated rings. The summed E-state index contributed by atoms with van der Waals surface area (Å²) in [4.78, 5) is 7.46. The summed E-state index contributed by atoms with van der Waals surface area (Å²) in [7, 11) is 3.17. The van der Waals surface area contributed by atoms with Crippen LogP contribution in [0.5, 0.6) is 0 Å². The van der Waals surface area contributed by atoms with Gasteiger partial charge >= 0.3 is 17.1 Å². The number of hydrazone groups is 2. The fourth-order valence-electron chi connectivity index (χ4n) is 0.525. The van der Waals surface area contributed by atoms with Gasteiger partial charge in [-0.3, -0.25) is 20.8 Å². The number of nitrogens with zero attached hydrogens (tertiary/aromatic N) is 4. The molecule has 6 nitrogen and oxygen atoms in total. The van der Waals surface area contributed by atoms with Crippen LogP contribution in [0, 0.1) is 0 Å². The van der Waals surface area contributed by atoms with Gasteiger partial charge in [0.05, 0.1) is 11.4 Å². The van der Waals surface area contributed by atoms with Crippen molar-refractivity contribution in [1.29, 1.82) is 0 Å². The zero-order valence-corrected chi connectivity index (χ0v) is 12.5. The molecule has 0 amide bonds. The van der Waals surface area contributed by atoms with Crippen molar-refractivity contribution in [2.75, 3.05) is 14.1 Å². The number of aliphatic imine (C=N–C) groups is 2. The van der Waals surface area contributed by atoms with E-state index < -0.39 is 0 Å². The second-order valence-corrected chi connectivity index (χ2v) is 3.45. The maximum Gasteiger partial charge on any atom is 2.00 e. The predicted molar refractivity (Wildman–Crippen MR) is 73.9 cm³/mol. The molecule has 9 heteroatoms. The first-order valence-electron chi connectivity index (χ1n) is 4.39. The molecule has 0 spiro atoms. The van der Waals surface area contributed by atoms with E-state index in [-0.39, 0.29) is 17.1 Å². The molecule has 0 heterocycles. The van der Waals surface area contributed by atoms with Gasteiger partial charge in [-0.15, -0.1) is 0 Å². The number of hydrogen-bond donors (Lipinski definition) is 2. The van der Waals surface area contributed by atoms with Gasteiger partial charge in [-0.05, 0) is 24.2 Å². The average Bonchev–Trinajstić information content (AvgIpc) is 2.31. The smallest absolute Gasteiger partial charge is 0.741 e. The van der Waals surface area contributed by atoms with Crippen LogP contribution in [0.2, 0.25) is 0 Å². The summed E-state index contributed by atoms with van der Waals surface area (Å²) in [6.07, 6.45) is 0. The molecular weight excluding hydrogens is 306 g/mol. The molecule has 0 aliphatic carbocycles. The minimum absolute atomic E-state index is 0. The van der Waals surface area contributed by atoms with Gasteiger partial charge in [0.15, 0.2) is 0 Å². The second kappa shape index (κ2) is 10.4. The SMILES string of the molecule is CN=C([S-])N/N=C(C)/C(C)=N/NC([S-])=NC.[62Cu+2]. The minimum Gasteiger partial charge on any atom is -0.741 e. The third-order valence-electron chi connectivity index (χ3n) is 1.57. The van der Waals surface area contributed by atoms with Gasteiger partial charge in [-0.2, -0.15) is 10.2 Å². The quantitative estimate of drug-likeness (QED) is 0.252. The van der Waals surface area contributed by atoms with Gasteiger partial charge in [-0.1, -0.05) is 0 Å². The Morgan fingerprint density at radius 2 is 1.12 bits per heavy atom. The van der Waals surface area contributed by atoms with Gasteiger partial charge in [-0.25, -0.2) is 0 Å². The van der Waals surface area contributed by atoms with Crippen molar-refractivity contribution in [2.24, 2.45) is 20.2 Å². The molecule has 0 aromatic heterocycles. The third-order valence-corrected chi connectivity index (χ3v) is 2.12. The van der Waals surface area contributed by atoms with Gasteiger partial charge < -0.3 is 25.3 Å². The first-order chi connectivity index (χ1) is 7.51. The molecule has 17 heavy (non-hydrogen) atoms. The first kappa shape index (κ1) is 18.6. The van der Waals surface area contributed by atoms with Gasteiger partial charge in [0.2, 0.25) is 0 Å². The van der Waals surface area contributed by atoms with Crippen LogP contribution in [-0.2, 0) is 42.3 Å². The molecule has 0 aliphatic rings. The van der Waals surface area contributed by atoms with Gasteiger partial charge in [0.1, 0.15) is 0 Å². The van der Waals surface area contributed by atoms with Crippen LogP contribution >= 0.6 is 0 Å². The zero-order chi connectivity index (χ0) is 12.6. The molecule has 0 aromatic rings. The fraction of sp³-hybridized carbons (Fsp3) is 0.500. The van der Waals surface area contributed by atoms with Crippen molar-refractivity contribution in [1.82, 2.24) is 10.9 Å². The van der Waals surface area contributed by atoms with Gasteiger partial charge in [0.25, 0.3) is 0 Å². The minimum atomic E-state index is 0. The number of nitrogens with one attached hydrogen (secondary N) is 2. The van der Waals surface area contributed by atoms with Crippen molar-refractivity contribution in [3.8, 4) is 0 Å². The van der Waals surface area contributed by atoms with E-state index >= 15 is 0 Å². The molecule has 0 saturated heterocycles. The Morgan fingerprint density at radius 3 is 1.35 bits per heavy atom. The van der Waals surface area contributed by atoms with Crippen molar-refractivity contribution in [3.05, 3.63) is 0 Å². The summed E-state index contributed by atoms with van der Waals surface area (Å²) in [6, 6.07) is 0. The molecule has 2 N–H and O–H groups in total. The number of hydrogen-bond acceptors (Lipinski definition) is 6. The molecule has 0 atom stereocenters. The maximum atomic E-state index is 4.81. The Hall–Kier alpha value is -0.761. The summed E-state index contributed by atoms with van der Waals surface area (Å²) in [5, 5.41) is 8.61. The molecular formula is C8H14CuN6S2. The van der Waals surface area contributed by atoms with Crippen LogP contribution in [-0.4, -0.2) is 35.9 Å². The number of rotatable bonds is 3. The van der Waals surface area contributed by atoms with Crippen LogP contribution in [0.1, 0.15) is 13.8 Å². The van der Waals surface area contributed by atoms with E-state index in [9.17, 15) is 0 Å². The van der Waals surface area contributed by atoms with E-state index in [1.165, 1.54) is 0 Å². The van der Waals surface area contributed by atoms with Crippen LogP contribution < -0.4 is 10.9 Å². The van der Waals surface area contributed by atoms with Crippen LogP contribution in [0.15, 0.2) is 20.2 Å². The van der Waals surface area contributed by atoms with E-state index in [2.05, 4.69) is 31.0 Å². The van der Waals surface area contributed by atoms with Crippen molar-refractivity contribution in [2.45, 2.75) is 13.8 Å². The normalized spacial score (nSPS) is 14.1. The standard InChI is InChI=1S/C8H16N6S2.Cu/c1-5(11-13-7(15)9-3)6(2)12-14-8(16)10-4;/h1-4H3,(H2,9,13,15)(H2,10,14,16);/q;+2/p-2/b11-5+,12-6+;/i;1-2. The van der Waals surface area contributed by atoms with Crippen LogP contribution in [0.3, 0.4) is 0 Å². The molecule has 0 rings (SSSR count). The van der Waals surface area contributed by atoms with E-state index in [0.29, 0.717) is 21.8 Å². The predicted octanol–water partition coefficient (Wildman–Crippen LogP) is -0.0197. The summed E-state index contributed by atoms with van der Waals surface area (Å²) in [5.74, 6) is 0. The molecule has 0 unspecified atom stereocenters. The maximum absolute atomic E-state index is 4.81. The number of amidine groups is 2. The Labute approximate surface area is 123 Å². The summed E-state index contributed by atoms with van der Waals surface area (Å²) < 4.78 is 0. The average molecular weight is 320 g/mol. The molecule has 0 saturated carbocycles. The molecule has 0 aliphatic heterocycles. The van der Waals surface area contributed by atoms with Gasteiger partial charge in [0, 0.05) is 14.1 Å². The van der Waals surface area contributed by atoms with E-state index in [0.717, 1.165) is 0 Å². The van der Waals surface area contributed by atoms with E-state index in [1.807, 2.05) is 0 Å². The fourth-order valence-corrected chi connectivity index (χ4v) is 0.616. The molecule has 1 radical (unpaired) electrons. The molecule has 0 bridgehead atoms. The van der Waals surface area contributed by atoms with E-state index in [4.69, 9.17) is 25.3 Å². The second-order valence-electron chi connectivity index (χ2n) is 2.68. The Bertz CT molecular complexity index is 316. The summed E-state index contributed by atoms with van der Waals surface area (Å²) >= 11 is 9.62. The Morgan fingerprint density at radius 1 is 0.824 bits per heavy atom. The third kappa shape index (κ3) is 8.99. The monoisotopic (exact) mass is 320 g/mol. The largest absolute Gasteiger partial charge is 2.00 e. The first-order valence-corrected chi connectivity index (χ1v) is 5.21. The zero-order valence-electron chi connectivity index (χ0n) is 9.91. The Balaban J connectivity index is 0. The molecule has 99 valence electrons. The summed E-state index contributed by atoms with van der Waals surface area (Å²) in [6.45, 7) is 3.58. The topological polar surface area (TPSA) is 73.5 Å². The Kier molecular flexibility index (Phi) is 11.4. The van der Waals surface area contributed by atoms with Crippen LogP contribution in [0.4, 0.5) is 0 Å². The van der Waals surface area contributed by atoms with Crippen molar-refractivity contribution >= 4 is 47.0 Å².